The monoisotopic (exact) mass is 208 g/mol. The maximum atomic E-state index is 10.4. The van der Waals surface area contributed by atoms with Crippen LogP contribution in [0, 0.1) is 0 Å². The summed E-state index contributed by atoms with van der Waals surface area (Å²) in [6.07, 6.45) is 3.99. The molecule has 1 aromatic heterocycles. The summed E-state index contributed by atoms with van der Waals surface area (Å²) >= 11 is 0. The smallest absolute Gasteiger partial charge is 0.185 e. The molecule has 4 nitrogen and oxygen atoms in total. The van der Waals surface area contributed by atoms with Gasteiger partial charge in [0.05, 0.1) is 6.54 Å². The lowest BCUT2D eigenvalue weighted by Crippen LogP contribution is -2.24. The summed E-state index contributed by atoms with van der Waals surface area (Å²) in [4.78, 5) is 12.4. The fraction of sp³-hybridized carbons (Fsp3) is 0.364. The van der Waals surface area contributed by atoms with E-state index in [4.69, 9.17) is 10.2 Å². The zero-order valence-electron chi connectivity index (χ0n) is 9.01. The van der Waals surface area contributed by atoms with Crippen molar-refractivity contribution in [2.45, 2.75) is 26.4 Å². The predicted molar refractivity (Wildman–Crippen MR) is 58.1 cm³/mol. The Kier molecular flexibility index (Phi) is 3.97. The van der Waals surface area contributed by atoms with Crippen LogP contribution >= 0.6 is 0 Å². The summed E-state index contributed by atoms with van der Waals surface area (Å²) < 4.78 is 5.28. The highest BCUT2D eigenvalue weighted by molar-refractivity contribution is 5.70. The number of aldehydes is 1. The van der Waals surface area contributed by atoms with E-state index >= 15 is 0 Å². The van der Waals surface area contributed by atoms with E-state index in [2.05, 4.69) is 13.8 Å². The van der Waals surface area contributed by atoms with Crippen molar-refractivity contribution < 1.29 is 9.21 Å². The van der Waals surface area contributed by atoms with Crippen molar-refractivity contribution in [2.24, 2.45) is 5.73 Å². The van der Waals surface area contributed by atoms with Gasteiger partial charge in [0.2, 0.25) is 0 Å². The number of rotatable bonds is 5. The zero-order valence-corrected chi connectivity index (χ0v) is 9.01. The number of carbonyl (C=O) groups excluding carboxylic acids is 1. The van der Waals surface area contributed by atoms with Gasteiger partial charge in [-0.05, 0) is 26.0 Å². The molecule has 0 amide bonds. The zero-order chi connectivity index (χ0) is 11.3. The van der Waals surface area contributed by atoms with Crippen LogP contribution in [0.1, 0.15) is 30.2 Å². The van der Waals surface area contributed by atoms with Gasteiger partial charge in [0, 0.05) is 18.4 Å². The number of hydrogen-bond donors (Lipinski definition) is 1. The third-order valence-corrected chi connectivity index (χ3v) is 2.08. The number of furan rings is 1. The topological polar surface area (TPSA) is 59.5 Å². The van der Waals surface area contributed by atoms with Crippen LogP contribution in [-0.4, -0.2) is 17.2 Å². The highest BCUT2D eigenvalue weighted by Gasteiger charge is 2.08. The van der Waals surface area contributed by atoms with Crippen LogP contribution in [-0.2, 0) is 6.54 Å². The molecule has 1 heterocycles. The average molecular weight is 208 g/mol. The maximum Gasteiger partial charge on any atom is 0.185 e. The Bertz CT molecular complexity index is 342. The van der Waals surface area contributed by atoms with Gasteiger partial charge in [0.15, 0.2) is 12.0 Å². The van der Waals surface area contributed by atoms with Crippen LogP contribution in [0.5, 0.6) is 0 Å². The summed E-state index contributed by atoms with van der Waals surface area (Å²) in [5.41, 5.74) is 5.34. The fourth-order valence-electron chi connectivity index (χ4n) is 1.24. The van der Waals surface area contributed by atoms with E-state index in [0.29, 0.717) is 24.6 Å². The largest absolute Gasteiger partial charge is 0.456 e. The molecule has 0 spiro atoms. The van der Waals surface area contributed by atoms with Crippen LogP contribution in [0.25, 0.3) is 0 Å². The summed E-state index contributed by atoms with van der Waals surface area (Å²) in [7, 11) is 0. The van der Waals surface area contributed by atoms with E-state index in [9.17, 15) is 4.79 Å². The second-order valence-corrected chi connectivity index (χ2v) is 3.53. The van der Waals surface area contributed by atoms with Gasteiger partial charge < -0.3 is 15.1 Å². The SMILES string of the molecule is CC(C)N(/C=C\N)Cc1ccc(C=O)o1. The van der Waals surface area contributed by atoms with Crippen LogP contribution in [0.15, 0.2) is 28.9 Å². The van der Waals surface area contributed by atoms with Crippen LogP contribution < -0.4 is 5.73 Å². The molecule has 0 unspecified atom stereocenters. The molecule has 0 saturated carbocycles. The first-order valence-electron chi connectivity index (χ1n) is 4.85. The average Bonchev–Trinajstić information content (AvgIpc) is 2.65. The van der Waals surface area contributed by atoms with Crippen molar-refractivity contribution in [2.75, 3.05) is 0 Å². The van der Waals surface area contributed by atoms with Crippen LogP contribution in [0.4, 0.5) is 0 Å². The Morgan fingerprint density at radius 3 is 2.73 bits per heavy atom. The lowest BCUT2D eigenvalue weighted by atomic mass is 10.3. The van der Waals surface area contributed by atoms with Gasteiger partial charge in [-0.2, -0.15) is 0 Å². The van der Waals surface area contributed by atoms with Gasteiger partial charge in [-0.3, -0.25) is 4.79 Å². The first-order chi connectivity index (χ1) is 7.17. The Morgan fingerprint density at radius 2 is 2.27 bits per heavy atom. The molecule has 4 heteroatoms. The van der Waals surface area contributed by atoms with E-state index in [-0.39, 0.29) is 0 Å². The van der Waals surface area contributed by atoms with Crippen molar-refractivity contribution in [3.05, 3.63) is 36.1 Å². The molecule has 0 saturated heterocycles. The summed E-state index contributed by atoms with van der Waals surface area (Å²) in [5, 5.41) is 0. The van der Waals surface area contributed by atoms with Gasteiger partial charge in [-0.25, -0.2) is 0 Å². The van der Waals surface area contributed by atoms with E-state index in [1.54, 1.807) is 18.3 Å². The van der Waals surface area contributed by atoms with Gasteiger partial charge in [-0.1, -0.05) is 0 Å². The molecule has 0 aliphatic carbocycles. The third kappa shape index (κ3) is 3.16. The van der Waals surface area contributed by atoms with Crippen LogP contribution in [0.3, 0.4) is 0 Å². The summed E-state index contributed by atoms with van der Waals surface area (Å²) in [6, 6.07) is 3.78. The Labute approximate surface area is 89.4 Å². The van der Waals surface area contributed by atoms with Crippen molar-refractivity contribution in [1.29, 1.82) is 0 Å². The molecule has 2 N–H and O–H groups in total. The quantitative estimate of drug-likeness (QED) is 0.749. The molecular weight excluding hydrogens is 192 g/mol. The predicted octanol–water partition coefficient (Wildman–Crippen LogP) is 1.73. The molecular formula is C11H16N2O2. The highest BCUT2D eigenvalue weighted by atomic mass is 16.3. The van der Waals surface area contributed by atoms with E-state index in [0.717, 1.165) is 5.76 Å². The number of hydrogen-bond acceptors (Lipinski definition) is 4. The standard InChI is InChI=1S/C11H16N2O2/c1-9(2)13(6-5-12)7-10-3-4-11(8-14)15-10/h3-6,8-9H,7,12H2,1-2H3/b6-5-. The van der Waals surface area contributed by atoms with Crippen molar-refractivity contribution in [3.63, 3.8) is 0 Å². The number of carbonyl (C=O) groups is 1. The first-order valence-corrected chi connectivity index (χ1v) is 4.85. The second kappa shape index (κ2) is 5.24. The highest BCUT2D eigenvalue weighted by Crippen LogP contribution is 2.11. The van der Waals surface area contributed by atoms with Gasteiger partial charge in [0.25, 0.3) is 0 Å². The molecule has 15 heavy (non-hydrogen) atoms. The molecule has 0 fully saturated rings. The molecule has 1 aromatic rings. The Hall–Kier alpha value is -1.71. The minimum Gasteiger partial charge on any atom is -0.456 e. The molecule has 0 radical (unpaired) electrons. The molecule has 0 atom stereocenters. The van der Waals surface area contributed by atoms with Crippen molar-refractivity contribution in [1.82, 2.24) is 4.90 Å². The summed E-state index contributed by atoms with van der Waals surface area (Å²) in [5.74, 6) is 1.11. The number of nitrogens with zero attached hydrogens (tertiary/aromatic N) is 1. The van der Waals surface area contributed by atoms with Crippen LogP contribution in [0.2, 0.25) is 0 Å². The van der Waals surface area contributed by atoms with Crippen molar-refractivity contribution >= 4 is 6.29 Å². The normalized spacial score (nSPS) is 11.1. The van der Waals surface area contributed by atoms with E-state index < -0.39 is 0 Å². The Morgan fingerprint density at radius 1 is 1.53 bits per heavy atom. The van der Waals surface area contributed by atoms with Gasteiger partial charge >= 0.3 is 0 Å². The molecule has 0 bridgehead atoms. The molecule has 1 rings (SSSR count). The molecule has 0 aliphatic heterocycles. The first kappa shape index (κ1) is 11.4. The molecule has 0 aliphatic rings. The van der Waals surface area contributed by atoms with E-state index in [1.165, 1.54) is 6.20 Å². The van der Waals surface area contributed by atoms with Crippen molar-refractivity contribution in [3.8, 4) is 0 Å². The fourth-order valence-corrected chi connectivity index (χ4v) is 1.24. The third-order valence-electron chi connectivity index (χ3n) is 2.08. The number of nitrogens with two attached hydrogens (primary N) is 1. The summed E-state index contributed by atoms with van der Waals surface area (Å²) in [6.45, 7) is 4.73. The maximum absolute atomic E-state index is 10.4. The Balaban J connectivity index is 2.69. The molecule has 0 aromatic carbocycles. The minimum atomic E-state index is 0.328. The second-order valence-electron chi connectivity index (χ2n) is 3.53. The lowest BCUT2D eigenvalue weighted by molar-refractivity contribution is 0.109. The van der Waals surface area contributed by atoms with Gasteiger partial charge in [-0.15, -0.1) is 0 Å². The van der Waals surface area contributed by atoms with Gasteiger partial charge in [0.1, 0.15) is 5.76 Å². The molecule has 82 valence electrons. The minimum absolute atomic E-state index is 0.328. The van der Waals surface area contributed by atoms with E-state index in [1.807, 2.05) is 4.90 Å². The lowest BCUT2D eigenvalue weighted by Gasteiger charge is -2.23.